The molecular weight excluding hydrogens is 308 g/mol. The molecule has 23 heavy (non-hydrogen) atoms. The van der Waals surface area contributed by atoms with Crippen LogP contribution in [-0.2, 0) is 9.59 Å². The average molecular weight is 327 g/mol. The number of benzene rings is 1. The summed E-state index contributed by atoms with van der Waals surface area (Å²) < 4.78 is 27.2. The van der Waals surface area contributed by atoms with Crippen molar-refractivity contribution in [2.24, 2.45) is 11.7 Å². The number of rotatable bonds is 6. The molecule has 0 spiro atoms. The van der Waals surface area contributed by atoms with Crippen molar-refractivity contribution in [2.75, 3.05) is 0 Å². The molecule has 0 aliphatic carbocycles. The maximum absolute atomic E-state index is 13.6. The summed E-state index contributed by atoms with van der Waals surface area (Å²) in [5.41, 5.74) is 4.28. The molecule has 1 aromatic rings. The zero-order valence-corrected chi connectivity index (χ0v) is 13.0. The van der Waals surface area contributed by atoms with Gasteiger partial charge in [0.05, 0.1) is 0 Å². The highest BCUT2D eigenvalue weighted by atomic mass is 19.1. The third-order valence-electron chi connectivity index (χ3n) is 3.21. The Kier molecular flexibility index (Phi) is 6.18. The first-order valence-corrected chi connectivity index (χ1v) is 6.99. The first kappa shape index (κ1) is 18.5. The average Bonchev–Trinajstić information content (AvgIpc) is 2.43. The molecule has 0 aliphatic heterocycles. The summed E-state index contributed by atoms with van der Waals surface area (Å²) in [4.78, 5) is 35.2. The van der Waals surface area contributed by atoms with Crippen LogP contribution in [0, 0.1) is 17.6 Å². The summed E-state index contributed by atoms with van der Waals surface area (Å²) in [6.07, 6.45) is 0. The first-order chi connectivity index (χ1) is 10.6. The second-order valence-electron chi connectivity index (χ2n) is 5.42. The topological polar surface area (TPSA) is 101 Å². The predicted molar refractivity (Wildman–Crippen MR) is 79.2 cm³/mol. The van der Waals surface area contributed by atoms with E-state index >= 15 is 0 Å². The third-order valence-corrected chi connectivity index (χ3v) is 3.21. The summed E-state index contributed by atoms with van der Waals surface area (Å²) in [6, 6.07) is 0.992. The van der Waals surface area contributed by atoms with E-state index in [1.54, 1.807) is 13.8 Å². The van der Waals surface area contributed by atoms with Crippen molar-refractivity contribution in [3.05, 3.63) is 35.4 Å². The number of hydrogen-bond acceptors (Lipinski definition) is 3. The molecule has 1 aromatic carbocycles. The van der Waals surface area contributed by atoms with Crippen LogP contribution in [0.25, 0.3) is 0 Å². The number of hydrogen-bond donors (Lipinski definition) is 3. The van der Waals surface area contributed by atoms with Crippen LogP contribution >= 0.6 is 0 Å². The fourth-order valence-electron chi connectivity index (χ4n) is 1.84. The molecule has 0 fully saturated rings. The van der Waals surface area contributed by atoms with E-state index in [2.05, 4.69) is 10.6 Å². The molecule has 0 aromatic heterocycles. The predicted octanol–water partition coefficient (Wildman–Crippen LogP) is 0.709. The van der Waals surface area contributed by atoms with Crippen LogP contribution < -0.4 is 16.4 Å². The molecule has 4 N–H and O–H groups in total. The second-order valence-corrected chi connectivity index (χ2v) is 5.42. The van der Waals surface area contributed by atoms with Gasteiger partial charge in [0.1, 0.15) is 29.3 Å². The largest absolute Gasteiger partial charge is 0.368 e. The fraction of sp³-hybridized carbons (Fsp3) is 0.400. The quantitative estimate of drug-likeness (QED) is 0.717. The highest BCUT2D eigenvalue weighted by Crippen LogP contribution is 2.13. The van der Waals surface area contributed by atoms with Crippen LogP contribution in [0.2, 0.25) is 0 Å². The number of nitrogens with two attached hydrogens (primary N) is 1. The maximum atomic E-state index is 13.6. The molecule has 0 saturated heterocycles. The Balaban J connectivity index is 2.94. The highest BCUT2D eigenvalue weighted by molar-refractivity contribution is 5.98. The van der Waals surface area contributed by atoms with E-state index < -0.39 is 47.0 Å². The van der Waals surface area contributed by atoms with Gasteiger partial charge < -0.3 is 16.4 Å². The van der Waals surface area contributed by atoms with Gasteiger partial charge in [0.2, 0.25) is 11.8 Å². The standard InChI is InChI=1S/C15H19F2N3O3/c1-7(2)12(15(23)19-8(3)13(18)21)20-14(22)11-9(16)5-4-6-10(11)17/h4-8,12H,1-3H3,(H2,18,21)(H,19,23)(H,20,22). The minimum absolute atomic E-state index is 0.381. The van der Waals surface area contributed by atoms with Gasteiger partial charge in [0, 0.05) is 0 Å². The Morgan fingerprint density at radius 3 is 2.00 bits per heavy atom. The van der Waals surface area contributed by atoms with Gasteiger partial charge in [-0.05, 0) is 25.0 Å². The molecule has 0 aliphatic rings. The van der Waals surface area contributed by atoms with E-state index in [-0.39, 0.29) is 5.92 Å². The van der Waals surface area contributed by atoms with Gasteiger partial charge in [-0.1, -0.05) is 19.9 Å². The Bertz CT molecular complexity index is 600. The molecule has 126 valence electrons. The van der Waals surface area contributed by atoms with Crippen molar-refractivity contribution in [2.45, 2.75) is 32.9 Å². The van der Waals surface area contributed by atoms with Crippen LogP contribution in [0.15, 0.2) is 18.2 Å². The Labute approximate surface area is 132 Å². The molecule has 3 amide bonds. The lowest BCUT2D eigenvalue weighted by Gasteiger charge is -2.23. The van der Waals surface area contributed by atoms with Crippen molar-refractivity contribution >= 4 is 17.7 Å². The van der Waals surface area contributed by atoms with E-state index in [0.717, 1.165) is 18.2 Å². The smallest absolute Gasteiger partial charge is 0.257 e. The first-order valence-electron chi connectivity index (χ1n) is 6.99. The fourth-order valence-corrected chi connectivity index (χ4v) is 1.84. The Morgan fingerprint density at radius 2 is 1.57 bits per heavy atom. The van der Waals surface area contributed by atoms with Gasteiger partial charge in [-0.3, -0.25) is 14.4 Å². The molecule has 8 heteroatoms. The van der Waals surface area contributed by atoms with Crippen LogP contribution in [0.3, 0.4) is 0 Å². The number of nitrogens with one attached hydrogen (secondary N) is 2. The van der Waals surface area contributed by atoms with Gasteiger partial charge in [-0.15, -0.1) is 0 Å². The number of halogens is 2. The van der Waals surface area contributed by atoms with Crippen LogP contribution in [0.5, 0.6) is 0 Å². The van der Waals surface area contributed by atoms with Crippen molar-refractivity contribution in [3.63, 3.8) is 0 Å². The zero-order chi connectivity index (χ0) is 17.7. The van der Waals surface area contributed by atoms with Gasteiger partial charge in [0.25, 0.3) is 5.91 Å². The monoisotopic (exact) mass is 327 g/mol. The maximum Gasteiger partial charge on any atom is 0.257 e. The zero-order valence-electron chi connectivity index (χ0n) is 13.0. The molecule has 1 rings (SSSR count). The van der Waals surface area contributed by atoms with Gasteiger partial charge in [-0.2, -0.15) is 0 Å². The number of carbonyl (C=O) groups is 3. The summed E-state index contributed by atoms with van der Waals surface area (Å²) in [6.45, 7) is 4.66. The van der Waals surface area contributed by atoms with Crippen LogP contribution in [-0.4, -0.2) is 29.8 Å². The van der Waals surface area contributed by atoms with Gasteiger partial charge in [-0.25, -0.2) is 8.78 Å². The Morgan fingerprint density at radius 1 is 1.04 bits per heavy atom. The summed E-state index contributed by atoms with van der Waals surface area (Å²) >= 11 is 0. The molecule has 2 atom stereocenters. The third kappa shape index (κ3) is 4.73. The normalized spacial score (nSPS) is 13.3. The molecule has 0 radical (unpaired) electrons. The minimum Gasteiger partial charge on any atom is -0.368 e. The number of carbonyl (C=O) groups excluding carboxylic acids is 3. The molecule has 0 saturated carbocycles. The Hall–Kier alpha value is -2.51. The molecular formula is C15H19F2N3O3. The number of primary amides is 1. The van der Waals surface area contributed by atoms with Crippen molar-refractivity contribution in [1.82, 2.24) is 10.6 Å². The molecule has 0 bridgehead atoms. The lowest BCUT2D eigenvalue weighted by Crippen LogP contribution is -2.54. The lowest BCUT2D eigenvalue weighted by molar-refractivity contribution is -0.128. The van der Waals surface area contributed by atoms with Crippen LogP contribution in [0.4, 0.5) is 8.78 Å². The van der Waals surface area contributed by atoms with Crippen LogP contribution in [0.1, 0.15) is 31.1 Å². The lowest BCUT2D eigenvalue weighted by atomic mass is 10.0. The van der Waals surface area contributed by atoms with E-state index in [9.17, 15) is 23.2 Å². The molecule has 0 heterocycles. The highest BCUT2D eigenvalue weighted by Gasteiger charge is 2.28. The van der Waals surface area contributed by atoms with Crippen molar-refractivity contribution in [3.8, 4) is 0 Å². The van der Waals surface area contributed by atoms with Gasteiger partial charge in [0.15, 0.2) is 0 Å². The minimum atomic E-state index is -1.08. The van der Waals surface area contributed by atoms with E-state index in [4.69, 9.17) is 5.73 Å². The van der Waals surface area contributed by atoms with Crippen molar-refractivity contribution < 1.29 is 23.2 Å². The SMILES string of the molecule is CC(NC(=O)C(NC(=O)c1c(F)cccc1F)C(C)C)C(N)=O. The van der Waals surface area contributed by atoms with Gasteiger partial charge >= 0.3 is 0 Å². The number of amides is 3. The van der Waals surface area contributed by atoms with E-state index in [1.807, 2.05) is 0 Å². The summed E-state index contributed by atoms with van der Waals surface area (Å²) in [7, 11) is 0. The van der Waals surface area contributed by atoms with Crippen molar-refractivity contribution in [1.29, 1.82) is 0 Å². The van der Waals surface area contributed by atoms with E-state index in [0.29, 0.717) is 0 Å². The molecule has 2 unspecified atom stereocenters. The van der Waals surface area contributed by atoms with E-state index in [1.165, 1.54) is 6.92 Å². The summed E-state index contributed by atoms with van der Waals surface area (Å²) in [5, 5.41) is 4.61. The second kappa shape index (κ2) is 7.66. The summed E-state index contributed by atoms with van der Waals surface area (Å²) in [5.74, 6) is -4.91. The molecule has 6 nitrogen and oxygen atoms in total.